The molecular weight excluding hydrogens is 488 g/mol. The lowest BCUT2D eigenvalue weighted by molar-refractivity contribution is 0.0600. The maximum atomic E-state index is 12.6. The first-order valence-corrected chi connectivity index (χ1v) is 12.6. The van der Waals surface area contributed by atoms with E-state index >= 15 is 0 Å². The third kappa shape index (κ3) is 5.09. The van der Waals surface area contributed by atoms with Crippen molar-refractivity contribution in [3.8, 4) is 9.88 Å². The average Bonchev–Trinajstić information content (AvgIpc) is 3.55. The first-order valence-electron chi connectivity index (χ1n) is 10.9. The number of methoxy groups -OCH3 is 1. The number of thiophene rings is 1. The van der Waals surface area contributed by atoms with Crippen LogP contribution >= 0.6 is 22.7 Å². The molecule has 4 aromatic rings. The smallest absolute Gasteiger partial charge is 0.337 e. The third-order valence-electron chi connectivity index (χ3n) is 5.63. The number of piperazine rings is 1. The van der Waals surface area contributed by atoms with Crippen LogP contribution in [0.15, 0.2) is 52.6 Å². The maximum absolute atomic E-state index is 12.6. The number of amides is 2. The number of benzene rings is 1. The van der Waals surface area contributed by atoms with Crippen LogP contribution in [0.4, 0.5) is 10.5 Å². The Bertz CT molecular complexity index is 1410. The predicted molar refractivity (Wildman–Crippen MR) is 134 cm³/mol. The second kappa shape index (κ2) is 9.94. The zero-order chi connectivity index (χ0) is 24.4. The van der Waals surface area contributed by atoms with E-state index in [1.807, 2.05) is 17.5 Å². The molecule has 35 heavy (non-hydrogen) atoms. The molecular formula is C23H22N6O4S2. The van der Waals surface area contributed by atoms with Crippen molar-refractivity contribution in [3.63, 3.8) is 0 Å². The molecule has 0 unspecified atom stereocenters. The minimum Gasteiger partial charge on any atom is -0.465 e. The van der Waals surface area contributed by atoms with Gasteiger partial charge in [-0.25, -0.2) is 14.6 Å². The quantitative estimate of drug-likeness (QED) is 0.411. The number of carbonyl (C=O) groups excluding carboxylic acids is 2. The Hall–Kier alpha value is -3.61. The van der Waals surface area contributed by atoms with Gasteiger partial charge in [-0.2, -0.15) is 9.61 Å². The highest BCUT2D eigenvalue weighted by Gasteiger charge is 2.22. The van der Waals surface area contributed by atoms with Crippen molar-refractivity contribution in [1.29, 1.82) is 0 Å². The number of hydrogen-bond acceptors (Lipinski definition) is 9. The highest BCUT2D eigenvalue weighted by Crippen LogP contribution is 2.28. The van der Waals surface area contributed by atoms with E-state index in [9.17, 15) is 14.4 Å². The van der Waals surface area contributed by atoms with Gasteiger partial charge in [-0.3, -0.25) is 9.69 Å². The number of aromatic nitrogens is 3. The molecule has 0 atom stereocenters. The molecule has 10 nitrogen and oxygen atoms in total. The first kappa shape index (κ1) is 23.1. The zero-order valence-corrected chi connectivity index (χ0v) is 20.5. The summed E-state index contributed by atoms with van der Waals surface area (Å²) in [5.41, 5.74) is 1.53. The molecule has 3 aromatic heterocycles. The number of urea groups is 1. The standard InChI is InChI=1S/C23H22N6O4S2/c1-33-21(31)15-4-6-16(7-5-15)24-22(32)28-10-8-27(9-11-28)14-17-13-19(30)29-23(25-17)35-20(26-29)18-3-2-12-34-18/h2-7,12-13H,8-11,14H2,1H3,(H,24,32). The van der Waals surface area contributed by atoms with Gasteiger partial charge in [0.2, 0.25) is 4.96 Å². The normalized spacial score (nSPS) is 14.3. The fourth-order valence-corrected chi connectivity index (χ4v) is 5.50. The number of carbonyl (C=O) groups is 2. The Morgan fingerprint density at radius 1 is 1.11 bits per heavy atom. The van der Waals surface area contributed by atoms with Crippen LogP contribution in [0.25, 0.3) is 14.8 Å². The van der Waals surface area contributed by atoms with Gasteiger partial charge in [0.25, 0.3) is 5.56 Å². The number of rotatable bonds is 5. The summed E-state index contributed by atoms with van der Waals surface area (Å²) in [5, 5.41) is 10.0. The van der Waals surface area contributed by atoms with Crippen LogP contribution < -0.4 is 10.9 Å². The Morgan fingerprint density at radius 3 is 2.57 bits per heavy atom. The van der Waals surface area contributed by atoms with E-state index in [0.717, 1.165) is 9.88 Å². The van der Waals surface area contributed by atoms with Crippen LogP contribution in [0.3, 0.4) is 0 Å². The molecule has 0 spiro atoms. The molecule has 1 aliphatic heterocycles. The van der Waals surface area contributed by atoms with Crippen LogP contribution in [-0.2, 0) is 11.3 Å². The third-order valence-corrected chi connectivity index (χ3v) is 7.58. The van der Waals surface area contributed by atoms with Crippen LogP contribution in [0.5, 0.6) is 0 Å². The summed E-state index contributed by atoms with van der Waals surface area (Å²) in [6, 6.07) is 11.8. The Balaban J connectivity index is 1.18. The second-order valence-electron chi connectivity index (χ2n) is 7.93. The van der Waals surface area contributed by atoms with Gasteiger partial charge in [-0.1, -0.05) is 17.4 Å². The van der Waals surface area contributed by atoms with Crippen molar-refractivity contribution in [2.24, 2.45) is 0 Å². The van der Waals surface area contributed by atoms with Crippen molar-refractivity contribution in [2.75, 3.05) is 38.6 Å². The van der Waals surface area contributed by atoms with Crippen LogP contribution in [0.2, 0.25) is 0 Å². The van der Waals surface area contributed by atoms with E-state index in [1.165, 1.54) is 29.0 Å². The zero-order valence-electron chi connectivity index (χ0n) is 18.8. The molecule has 12 heteroatoms. The minimum absolute atomic E-state index is 0.194. The van der Waals surface area contributed by atoms with Crippen molar-refractivity contribution >= 4 is 45.3 Å². The lowest BCUT2D eigenvalue weighted by Gasteiger charge is -2.34. The summed E-state index contributed by atoms with van der Waals surface area (Å²) in [6.45, 7) is 2.97. The van der Waals surface area contributed by atoms with Crippen molar-refractivity contribution < 1.29 is 14.3 Å². The number of hydrogen-bond donors (Lipinski definition) is 1. The monoisotopic (exact) mass is 510 g/mol. The summed E-state index contributed by atoms with van der Waals surface area (Å²) in [5.74, 6) is -0.423. The van der Waals surface area contributed by atoms with E-state index in [0.29, 0.717) is 54.6 Å². The molecule has 1 N–H and O–H groups in total. The SMILES string of the molecule is COC(=O)c1ccc(NC(=O)N2CCN(Cc3cc(=O)n4nc(-c5cccs5)sc4n3)CC2)cc1. The Kier molecular flexibility index (Phi) is 6.57. The topological polar surface area (TPSA) is 109 Å². The Morgan fingerprint density at radius 2 is 1.89 bits per heavy atom. The van der Waals surface area contributed by atoms with Gasteiger partial charge in [0.1, 0.15) is 0 Å². The lowest BCUT2D eigenvalue weighted by atomic mass is 10.2. The summed E-state index contributed by atoms with van der Waals surface area (Å²) in [6.07, 6.45) is 0. The molecule has 0 aliphatic carbocycles. The Labute approximate surface area is 208 Å². The van der Waals surface area contributed by atoms with Gasteiger partial charge in [0.15, 0.2) is 5.01 Å². The van der Waals surface area contributed by atoms with E-state index in [2.05, 4.69) is 25.0 Å². The van der Waals surface area contributed by atoms with Crippen LogP contribution in [-0.4, -0.2) is 69.7 Å². The molecule has 1 aromatic carbocycles. The van der Waals surface area contributed by atoms with Gasteiger partial charge >= 0.3 is 12.0 Å². The van der Waals surface area contributed by atoms with Gasteiger partial charge in [-0.15, -0.1) is 11.3 Å². The molecule has 1 fully saturated rings. The molecule has 1 saturated heterocycles. The first-order chi connectivity index (χ1) is 17.0. The van der Waals surface area contributed by atoms with Gasteiger partial charge < -0.3 is 15.0 Å². The number of anilines is 1. The van der Waals surface area contributed by atoms with Crippen molar-refractivity contribution in [3.05, 3.63) is 69.5 Å². The number of nitrogens with zero attached hydrogens (tertiary/aromatic N) is 5. The van der Waals surface area contributed by atoms with Crippen molar-refractivity contribution in [1.82, 2.24) is 24.4 Å². The van der Waals surface area contributed by atoms with Crippen molar-refractivity contribution in [2.45, 2.75) is 6.54 Å². The van der Waals surface area contributed by atoms with Crippen LogP contribution in [0.1, 0.15) is 16.1 Å². The summed E-state index contributed by atoms with van der Waals surface area (Å²) in [4.78, 5) is 46.9. The number of ether oxygens (including phenoxy) is 1. The fraction of sp³-hybridized carbons (Fsp3) is 0.261. The van der Waals surface area contributed by atoms with E-state index in [1.54, 1.807) is 40.5 Å². The number of fused-ring (bicyclic) bond motifs is 1. The molecule has 5 rings (SSSR count). The fourth-order valence-electron chi connectivity index (χ4n) is 3.79. The van der Waals surface area contributed by atoms with E-state index in [4.69, 9.17) is 0 Å². The molecule has 0 bridgehead atoms. The lowest BCUT2D eigenvalue weighted by Crippen LogP contribution is -2.49. The summed E-state index contributed by atoms with van der Waals surface area (Å²) >= 11 is 2.98. The second-order valence-corrected chi connectivity index (χ2v) is 9.83. The molecule has 0 saturated carbocycles. The van der Waals surface area contributed by atoms with E-state index in [-0.39, 0.29) is 11.6 Å². The highest BCUT2D eigenvalue weighted by atomic mass is 32.1. The van der Waals surface area contributed by atoms with Gasteiger partial charge in [0, 0.05) is 44.5 Å². The molecule has 4 heterocycles. The van der Waals surface area contributed by atoms with Gasteiger partial charge in [-0.05, 0) is 35.7 Å². The molecule has 1 aliphatic rings. The molecule has 2 amide bonds. The number of esters is 1. The number of nitrogens with one attached hydrogen (secondary N) is 1. The summed E-state index contributed by atoms with van der Waals surface area (Å²) in [7, 11) is 1.33. The summed E-state index contributed by atoms with van der Waals surface area (Å²) < 4.78 is 6.04. The van der Waals surface area contributed by atoms with Crippen LogP contribution in [0, 0.1) is 0 Å². The molecule has 180 valence electrons. The minimum atomic E-state index is -0.423. The average molecular weight is 511 g/mol. The predicted octanol–water partition coefficient (Wildman–Crippen LogP) is 3.02. The van der Waals surface area contributed by atoms with Gasteiger partial charge in [0.05, 0.1) is 23.2 Å². The maximum Gasteiger partial charge on any atom is 0.337 e. The molecule has 0 radical (unpaired) electrons. The largest absolute Gasteiger partial charge is 0.465 e. The highest BCUT2D eigenvalue weighted by molar-refractivity contribution is 7.23. The van der Waals surface area contributed by atoms with E-state index < -0.39 is 5.97 Å².